The maximum Gasteiger partial charge on any atom is 0.354 e. The minimum atomic E-state index is -0.529. The third-order valence-corrected chi connectivity index (χ3v) is 8.54. The number of fused-ring (bicyclic) bond motifs is 5. The number of aryl methyl sites for hydroxylation is 2. The van der Waals surface area contributed by atoms with E-state index in [0.29, 0.717) is 64.6 Å². The number of pyridine rings is 2. The van der Waals surface area contributed by atoms with Crippen molar-refractivity contribution in [1.29, 1.82) is 0 Å². The predicted octanol–water partition coefficient (Wildman–Crippen LogP) is 5.49. The number of anilines is 1. The number of carbonyl (C=O) groups excluding carboxylic acids is 1. The number of hydrogen-bond donors (Lipinski definition) is 0. The molecule has 1 saturated heterocycles. The van der Waals surface area contributed by atoms with E-state index in [9.17, 15) is 9.59 Å². The maximum absolute atomic E-state index is 15.7. The quantitative estimate of drug-likeness (QED) is 0.285. The Labute approximate surface area is 253 Å². The van der Waals surface area contributed by atoms with Gasteiger partial charge in [0.25, 0.3) is 0 Å². The minimum Gasteiger partial charge on any atom is -0.484 e. The summed E-state index contributed by atoms with van der Waals surface area (Å²) in [5, 5.41) is 0.823. The van der Waals surface area contributed by atoms with Gasteiger partial charge in [-0.25, -0.2) is 9.18 Å². The molecule has 2 aliphatic rings. The molecule has 3 aromatic heterocycles. The topological polar surface area (TPSA) is 93.5 Å². The normalized spacial score (nSPS) is 16.2. The summed E-state index contributed by atoms with van der Waals surface area (Å²) in [6.45, 7) is 14.5. The molecule has 1 fully saturated rings. The Morgan fingerprint density at radius 1 is 1.21 bits per heavy atom. The van der Waals surface area contributed by atoms with Crippen LogP contribution in [0.3, 0.4) is 0 Å². The van der Waals surface area contributed by atoms with Crippen LogP contribution in [0.2, 0.25) is 5.02 Å². The summed E-state index contributed by atoms with van der Waals surface area (Å²) in [5.74, 6) is 0.109. The van der Waals surface area contributed by atoms with Gasteiger partial charge in [-0.1, -0.05) is 32.0 Å². The van der Waals surface area contributed by atoms with Gasteiger partial charge in [0.05, 0.1) is 22.1 Å². The largest absolute Gasteiger partial charge is 0.484 e. The third-order valence-electron chi connectivity index (χ3n) is 8.25. The highest BCUT2D eigenvalue weighted by Crippen LogP contribution is 2.49. The number of rotatable bonds is 4. The van der Waals surface area contributed by atoms with Crippen LogP contribution in [0.15, 0.2) is 42.0 Å². The zero-order valence-electron chi connectivity index (χ0n) is 24.7. The summed E-state index contributed by atoms with van der Waals surface area (Å²) in [7, 11) is 0. The number of amides is 1. The molecule has 1 amide bonds. The average Bonchev–Trinajstić information content (AvgIpc) is 2.98. The Balaban J connectivity index is 1.71. The molecule has 222 valence electrons. The fourth-order valence-electron chi connectivity index (χ4n) is 6.12. The van der Waals surface area contributed by atoms with Gasteiger partial charge in [-0.05, 0) is 50.5 Å². The van der Waals surface area contributed by atoms with Crippen molar-refractivity contribution < 1.29 is 13.9 Å². The molecular weight excluding hydrogens is 571 g/mol. The van der Waals surface area contributed by atoms with Crippen LogP contribution >= 0.6 is 11.6 Å². The fourth-order valence-corrected chi connectivity index (χ4v) is 6.40. The summed E-state index contributed by atoms with van der Waals surface area (Å²) in [6, 6.07) is 3.40. The molecule has 0 N–H and O–H groups in total. The van der Waals surface area contributed by atoms with Crippen LogP contribution in [0.4, 0.5) is 10.2 Å². The van der Waals surface area contributed by atoms with Crippen LogP contribution in [0.5, 0.6) is 5.75 Å². The van der Waals surface area contributed by atoms with Crippen molar-refractivity contribution in [1.82, 2.24) is 24.4 Å². The number of ether oxygens (including phenoxy) is 1. The van der Waals surface area contributed by atoms with Crippen LogP contribution < -0.4 is 15.3 Å². The van der Waals surface area contributed by atoms with Crippen molar-refractivity contribution in [3.63, 3.8) is 0 Å². The van der Waals surface area contributed by atoms with Crippen molar-refractivity contribution in [3.8, 4) is 22.6 Å². The summed E-state index contributed by atoms with van der Waals surface area (Å²) >= 11 is 6.97. The van der Waals surface area contributed by atoms with E-state index in [0.717, 1.165) is 5.56 Å². The smallest absolute Gasteiger partial charge is 0.354 e. The standard InChI is InChI=1S/C32H32ClFN6O3/c1-7-23(41)38-10-11-39(19(6)14-38)31-20-12-21(33)24-25-22(36-13-18(5)26(25)34)15-43-30(24)29(20)40(32(42)37-31)28-17(4)8-9-35-27(28)16(2)3/h7-9,12-13,16,19H,1,10-11,14-15H2,2-6H3/t19-/m0/s1. The first-order chi connectivity index (χ1) is 20.5. The van der Waals surface area contributed by atoms with Crippen LogP contribution in [0.1, 0.15) is 49.2 Å². The number of carbonyl (C=O) groups is 1. The van der Waals surface area contributed by atoms with Gasteiger partial charge in [0, 0.05) is 60.1 Å². The molecule has 1 aromatic carbocycles. The maximum atomic E-state index is 15.7. The molecule has 1 atom stereocenters. The zero-order chi connectivity index (χ0) is 30.7. The molecule has 9 nitrogen and oxygen atoms in total. The van der Waals surface area contributed by atoms with E-state index in [-0.39, 0.29) is 40.8 Å². The summed E-state index contributed by atoms with van der Waals surface area (Å²) in [5.41, 5.74) is 3.45. The molecule has 0 unspecified atom stereocenters. The number of halogens is 2. The van der Waals surface area contributed by atoms with Gasteiger partial charge in [0.2, 0.25) is 5.91 Å². The Hall–Kier alpha value is -4.31. The molecule has 43 heavy (non-hydrogen) atoms. The highest BCUT2D eigenvalue weighted by atomic mass is 35.5. The summed E-state index contributed by atoms with van der Waals surface area (Å²) in [4.78, 5) is 44.0. The molecular formula is C32H32ClFN6O3. The number of aromatic nitrogens is 4. The van der Waals surface area contributed by atoms with Crippen molar-refractivity contribution >= 4 is 34.2 Å². The number of hydrogen-bond acceptors (Lipinski definition) is 7. The van der Waals surface area contributed by atoms with Gasteiger partial charge < -0.3 is 14.5 Å². The predicted molar refractivity (Wildman–Crippen MR) is 165 cm³/mol. The van der Waals surface area contributed by atoms with Crippen LogP contribution in [-0.4, -0.2) is 56.0 Å². The first-order valence-corrected chi connectivity index (χ1v) is 14.6. The first-order valence-electron chi connectivity index (χ1n) is 14.2. The van der Waals surface area contributed by atoms with Gasteiger partial charge in [0.15, 0.2) is 5.75 Å². The van der Waals surface area contributed by atoms with Crippen LogP contribution in [-0.2, 0) is 11.4 Å². The lowest BCUT2D eigenvalue weighted by atomic mass is 9.96. The van der Waals surface area contributed by atoms with Crippen molar-refractivity contribution in [2.75, 3.05) is 24.5 Å². The van der Waals surface area contributed by atoms with Gasteiger partial charge in [0.1, 0.15) is 23.8 Å². The van der Waals surface area contributed by atoms with Crippen molar-refractivity contribution in [3.05, 3.63) is 81.0 Å². The van der Waals surface area contributed by atoms with E-state index in [2.05, 4.69) is 21.5 Å². The van der Waals surface area contributed by atoms with Gasteiger partial charge in [-0.2, -0.15) is 4.98 Å². The molecule has 4 aromatic rings. The summed E-state index contributed by atoms with van der Waals surface area (Å²) in [6.07, 6.45) is 4.50. The molecule has 0 spiro atoms. The van der Waals surface area contributed by atoms with E-state index in [1.54, 1.807) is 24.1 Å². The van der Waals surface area contributed by atoms with Gasteiger partial charge in [-0.15, -0.1) is 0 Å². The molecule has 0 aliphatic carbocycles. The third kappa shape index (κ3) is 4.55. The number of piperazine rings is 1. The van der Waals surface area contributed by atoms with Gasteiger partial charge in [-0.3, -0.25) is 19.3 Å². The molecule has 0 radical (unpaired) electrons. The van der Waals surface area contributed by atoms with E-state index in [1.165, 1.54) is 16.8 Å². The molecule has 5 heterocycles. The fraction of sp³-hybridized carbons (Fsp3) is 0.344. The second-order valence-electron chi connectivity index (χ2n) is 11.4. The Bertz CT molecular complexity index is 1890. The molecule has 2 aliphatic heterocycles. The average molecular weight is 603 g/mol. The molecule has 11 heteroatoms. The van der Waals surface area contributed by atoms with Crippen molar-refractivity contribution in [2.24, 2.45) is 0 Å². The Morgan fingerprint density at radius 2 is 1.98 bits per heavy atom. The lowest BCUT2D eigenvalue weighted by molar-refractivity contribution is -0.126. The SMILES string of the molecule is C=CC(=O)N1CCN(c2nc(=O)n(-c3c(C)ccnc3C(C)C)c3c4c(c(Cl)cc23)-c2c(ncc(C)c2F)CO4)[C@@H](C)C1. The monoisotopic (exact) mass is 602 g/mol. The minimum absolute atomic E-state index is 0.00260. The number of benzene rings is 1. The lowest BCUT2D eigenvalue weighted by Crippen LogP contribution is -2.54. The highest BCUT2D eigenvalue weighted by molar-refractivity contribution is 6.35. The molecule has 0 saturated carbocycles. The Morgan fingerprint density at radius 3 is 2.67 bits per heavy atom. The van der Waals surface area contributed by atoms with E-state index in [4.69, 9.17) is 16.3 Å². The van der Waals surface area contributed by atoms with Crippen LogP contribution in [0.25, 0.3) is 27.7 Å². The first kappa shape index (κ1) is 28.8. The number of nitrogens with zero attached hydrogens (tertiary/aromatic N) is 6. The van der Waals surface area contributed by atoms with Gasteiger partial charge >= 0.3 is 5.69 Å². The molecule has 0 bridgehead atoms. The highest BCUT2D eigenvalue weighted by Gasteiger charge is 2.34. The van der Waals surface area contributed by atoms with E-state index < -0.39 is 11.5 Å². The van der Waals surface area contributed by atoms with Crippen LogP contribution in [0, 0.1) is 19.7 Å². The van der Waals surface area contributed by atoms with Crippen molar-refractivity contribution in [2.45, 2.75) is 53.2 Å². The second-order valence-corrected chi connectivity index (χ2v) is 11.8. The Kier molecular flexibility index (Phi) is 7.20. The van der Waals surface area contributed by atoms with E-state index in [1.807, 2.05) is 38.7 Å². The van der Waals surface area contributed by atoms with E-state index >= 15 is 4.39 Å². The zero-order valence-corrected chi connectivity index (χ0v) is 25.5. The summed E-state index contributed by atoms with van der Waals surface area (Å²) < 4.78 is 23.6. The lowest BCUT2D eigenvalue weighted by Gasteiger charge is -2.40. The molecule has 6 rings (SSSR count). The second kappa shape index (κ2) is 10.8.